The molecule has 1 fully saturated rings. The van der Waals surface area contributed by atoms with Crippen molar-refractivity contribution in [2.75, 3.05) is 10.6 Å². The first-order chi connectivity index (χ1) is 14.2. The van der Waals surface area contributed by atoms with E-state index in [-0.39, 0.29) is 5.75 Å². The number of aromatic nitrogens is 2. The van der Waals surface area contributed by atoms with E-state index in [1.807, 2.05) is 18.2 Å². The standard InChI is InChI=1S/C20H15ClF3IN4O/c21-15-9-12(25)4-7-16(15)27-18-10-17(28-19(29-18)26-13-5-6-13)11-2-1-3-14(8-11)30-20(22,23)24/h1-4,7-10,13H,5-6H2,(H2,26,27,28,29). The van der Waals surface area contributed by atoms with Crippen molar-refractivity contribution in [1.29, 1.82) is 0 Å². The van der Waals surface area contributed by atoms with E-state index in [2.05, 4.69) is 47.9 Å². The molecule has 0 spiro atoms. The molecule has 2 aromatic carbocycles. The van der Waals surface area contributed by atoms with Crippen LogP contribution in [0.3, 0.4) is 0 Å². The molecule has 156 valence electrons. The monoisotopic (exact) mass is 546 g/mol. The van der Waals surface area contributed by atoms with Crippen LogP contribution in [-0.2, 0) is 0 Å². The van der Waals surface area contributed by atoms with Crippen LogP contribution in [0.25, 0.3) is 11.3 Å². The minimum atomic E-state index is -4.77. The van der Waals surface area contributed by atoms with Crippen molar-refractivity contribution in [2.24, 2.45) is 0 Å². The van der Waals surface area contributed by atoms with Gasteiger partial charge in [-0.1, -0.05) is 23.7 Å². The zero-order chi connectivity index (χ0) is 21.3. The van der Waals surface area contributed by atoms with E-state index in [0.717, 1.165) is 16.4 Å². The number of halogens is 5. The van der Waals surface area contributed by atoms with Gasteiger partial charge in [0.05, 0.1) is 16.4 Å². The Balaban J connectivity index is 1.68. The van der Waals surface area contributed by atoms with Gasteiger partial charge in [-0.2, -0.15) is 4.98 Å². The molecule has 1 aliphatic rings. The molecule has 0 radical (unpaired) electrons. The van der Waals surface area contributed by atoms with Crippen molar-refractivity contribution in [1.82, 2.24) is 9.97 Å². The van der Waals surface area contributed by atoms with E-state index in [9.17, 15) is 13.2 Å². The van der Waals surface area contributed by atoms with Gasteiger partial charge in [0.2, 0.25) is 5.95 Å². The zero-order valence-electron chi connectivity index (χ0n) is 15.3. The van der Waals surface area contributed by atoms with Crippen LogP contribution >= 0.6 is 34.2 Å². The normalized spacial score (nSPS) is 13.8. The van der Waals surface area contributed by atoms with Crippen molar-refractivity contribution in [3.63, 3.8) is 0 Å². The molecule has 0 amide bonds. The lowest BCUT2D eigenvalue weighted by atomic mass is 10.1. The Hall–Kier alpha value is -2.27. The molecule has 0 bridgehead atoms. The van der Waals surface area contributed by atoms with Crippen LogP contribution < -0.4 is 15.4 Å². The Kier molecular flexibility index (Phi) is 5.92. The summed E-state index contributed by atoms with van der Waals surface area (Å²) in [5.74, 6) is 0.542. The second-order valence-electron chi connectivity index (χ2n) is 6.71. The molecule has 0 atom stereocenters. The van der Waals surface area contributed by atoms with Gasteiger partial charge in [0.1, 0.15) is 11.6 Å². The molecule has 5 nitrogen and oxygen atoms in total. The summed E-state index contributed by atoms with van der Waals surface area (Å²) in [7, 11) is 0. The fourth-order valence-corrected chi connectivity index (χ4v) is 3.62. The first-order valence-corrected chi connectivity index (χ1v) is 10.4. The number of hydrogen-bond acceptors (Lipinski definition) is 5. The minimum Gasteiger partial charge on any atom is -0.406 e. The number of nitrogens with one attached hydrogen (secondary N) is 2. The highest BCUT2D eigenvalue weighted by atomic mass is 127. The fraction of sp³-hybridized carbons (Fsp3) is 0.200. The number of rotatable bonds is 6. The van der Waals surface area contributed by atoms with E-state index >= 15 is 0 Å². The van der Waals surface area contributed by atoms with Crippen LogP contribution in [-0.4, -0.2) is 22.4 Å². The van der Waals surface area contributed by atoms with Gasteiger partial charge in [0, 0.05) is 21.2 Å². The van der Waals surface area contributed by atoms with Crippen molar-refractivity contribution in [2.45, 2.75) is 25.2 Å². The van der Waals surface area contributed by atoms with Crippen molar-refractivity contribution in [3.8, 4) is 17.0 Å². The summed E-state index contributed by atoms with van der Waals surface area (Å²) >= 11 is 8.47. The molecule has 2 N–H and O–H groups in total. The second kappa shape index (κ2) is 8.46. The lowest BCUT2D eigenvalue weighted by Crippen LogP contribution is -2.17. The summed E-state index contributed by atoms with van der Waals surface area (Å²) in [6.07, 6.45) is -2.72. The van der Waals surface area contributed by atoms with Gasteiger partial charge in [-0.3, -0.25) is 0 Å². The Bertz CT molecular complexity index is 1080. The van der Waals surface area contributed by atoms with Gasteiger partial charge in [-0.15, -0.1) is 13.2 Å². The summed E-state index contributed by atoms with van der Waals surface area (Å²) in [6.45, 7) is 0. The Morgan fingerprint density at radius 1 is 1.07 bits per heavy atom. The molecule has 1 heterocycles. The zero-order valence-corrected chi connectivity index (χ0v) is 18.2. The predicted octanol–water partition coefficient (Wildman–Crippen LogP) is 6.62. The third-order valence-corrected chi connectivity index (χ3v) is 5.18. The maximum atomic E-state index is 12.6. The van der Waals surface area contributed by atoms with Crippen molar-refractivity contribution < 1.29 is 17.9 Å². The quantitative estimate of drug-likeness (QED) is 0.341. The van der Waals surface area contributed by atoms with Gasteiger partial charge < -0.3 is 15.4 Å². The third-order valence-electron chi connectivity index (χ3n) is 4.19. The van der Waals surface area contributed by atoms with E-state index in [4.69, 9.17) is 11.6 Å². The molecule has 3 aromatic rings. The SMILES string of the molecule is FC(F)(F)Oc1cccc(-c2cc(Nc3ccc(I)cc3Cl)nc(NC3CC3)n2)c1. The number of anilines is 3. The van der Waals surface area contributed by atoms with E-state index in [0.29, 0.717) is 39.8 Å². The number of benzene rings is 2. The number of alkyl halides is 3. The van der Waals surface area contributed by atoms with E-state index in [1.165, 1.54) is 18.2 Å². The summed E-state index contributed by atoms with van der Waals surface area (Å²) in [4.78, 5) is 8.94. The first kappa shape index (κ1) is 21.0. The largest absolute Gasteiger partial charge is 0.573 e. The van der Waals surface area contributed by atoms with E-state index < -0.39 is 6.36 Å². The number of hydrogen-bond donors (Lipinski definition) is 2. The van der Waals surface area contributed by atoms with Crippen LogP contribution in [0.2, 0.25) is 5.02 Å². The Morgan fingerprint density at radius 3 is 2.57 bits per heavy atom. The highest BCUT2D eigenvalue weighted by Crippen LogP contribution is 2.32. The molecular formula is C20H15ClF3IN4O. The molecule has 0 unspecified atom stereocenters. The topological polar surface area (TPSA) is 59.1 Å². The van der Waals surface area contributed by atoms with Gasteiger partial charge >= 0.3 is 6.36 Å². The molecular weight excluding hydrogens is 532 g/mol. The van der Waals surface area contributed by atoms with Crippen LogP contribution in [0.5, 0.6) is 5.75 Å². The van der Waals surface area contributed by atoms with Crippen molar-refractivity contribution in [3.05, 3.63) is 57.1 Å². The van der Waals surface area contributed by atoms with Gasteiger partial charge in [0.15, 0.2) is 0 Å². The number of nitrogens with zero attached hydrogens (tertiary/aromatic N) is 2. The average molecular weight is 547 g/mol. The lowest BCUT2D eigenvalue weighted by molar-refractivity contribution is -0.274. The molecule has 4 rings (SSSR count). The van der Waals surface area contributed by atoms with Crippen molar-refractivity contribution >= 4 is 51.6 Å². The molecule has 1 saturated carbocycles. The van der Waals surface area contributed by atoms with E-state index in [1.54, 1.807) is 12.1 Å². The molecule has 1 aromatic heterocycles. The summed E-state index contributed by atoms with van der Waals surface area (Å²) in [5, 5.41) is 6.91. The molecule has 0 saturated heterocycles. The Labute approximate surface area is 189 Å². The van der Waals surface area contributed by atoms with Gasteiger partial charge in [-0.05, 0) is 65.8 Å². The molecule has 1 aliphatic carbocycles. The van der Waals surface area contributed by atoms with Crippen LogP contribution in [0.15, 0.2) is 48.5 Å². The maximum absolute atomic E-state index is 12.6. The lowest BCUT2D eigenvalue weighted by Gasteiger charge is -2.13. The fourth-order valence-electron chi connectivity index (χ4n) is 2.72. The average Bonchev–Trinajstić information content (AvgIpc) is 3.47. The Morgan fingerprint density at radius 2 is 1.87 bits per heavy atom. The maximum Gasteiger partial charge on any atom is 0.573 e. The van der Waals surface area contributed by atoms with Crippen LogP contribution in [0, 0.1) is 3.57 Å². The highest BCUT2D eigenvalue weighted by molar-refractivity contribution is 14.1. The molecule has 10 heteroatoms. The van der Waals surface area contributed by atoms with Gasteiger partial charge in [-0.25, -0.2) is 4.98 Å². The van der Waals surface area contributed by atoms with Crippen LogP contribution in [0.4, 0.5) is 30.6 Å². The number of ether oxygens (including phenoxy) is 1. The van der Waals surface area contributed by atoms with Crippen LogP contribution in [0.1, 0.15) is 12.8 Å². The summed E-state index contributed by atoms with van der Waals surface area (Å²) in [6, 6.07) is 13.2. The smallest absolute Gasteiger partial charge is 0.406 e. The third kappa shape index (κ3) is 5.66. The summed E-state index contributed by atoms with van der Waals surface area (Å²) < 4.78 is 42.8. The van der Waals surface area contributed by atoms with Gasteiger partial charge in [0.25, 0.3) is 0 Å². The second-order valence-corrected chi connectivity index (χ2v) is 8.36. The summed E-state index contributed by atoms with van der Waals surface area (Å²) in [5.41, 5.74) is 1.58. The minimum absolute atomic E-state index is 0.301. The first-order valence-electron chi connectivity index (χ1n) is 8.99. The molecule has 30 heavy (non-hydrogen) atoms. The molecule has 0 aliphatic heterocycles. The predicted molar refractivity (Wildman–Crippen MR) is 118 cm³/mol. The highest BCUT2D eigenvalue weighted by Gasteiger charge is 2.31.